The summed E-state index contributed by atoms with van der Waals surface area (Å²) in [5, 5.41) is 7.27. The number of carbonyl (C=O) groups excluding carboxylic acids is 1. The molecule has 0 aliphatic carbocycles. The molecule has 1 amide bonds. The summed E-state index contributed by atoms with van der Waals surface area (Å²) in [5.74, 6) is -1.98. The van der Waals surface area contributed by atoms with Crippen LogP contribution in [0.4, 0.5) is 14.6 Å². The Morgan fingerprint density at radius 1 is 1.17 bits per heavy atom. The average molecular weight is 348 g/mol. The number of carbonyl (C=O) groups is 1. The third kappa shape index (κ3) is 3.44. The minimum Gasteiger partial charge on any atom is -0.307 e. The molecule has 3 rings (SSSR count). The fraction of sp³-hybridized carbons (Fsp3) is 0.0588. The largest absolute Gasteiger partial charge is 0.307 e. The lowest BCUT2D eigenvalue weighted by Gasteiger charge is -2.10. The number of hydrogen-bond donors (Lipinski definition) is 1. The van der Waals surface area contributed by atoms with Gasteiger partial charge in [-0.3, -0.25) is 4.79 Å². The molecule has 0 atom stereocenters. The molecular formula is C17H12ClF2N3O. The summed E-state index contributed by atoms with van der Waals surface area (Å²) in [5.41, 5.74) is 0.577. The van der Waals surface area contributed by atoms with Crippen LogP contribution in [0.3, 0.4) is 0 Å². The number of nitrogens with one attached hydrogen (secondary N) is 1. The number of anilines is 1. The van der Waals surface area contributed by atoms with Crippen molar-refractivity contribution < 1.29 is 13.6 Å². The Morgan fingerprint density at radius 2 is 1.96 bits per heavy atom. The van der Waals surface area contributed by atoms with Gasteiger partial charge in [-0.25, -0.2) is 13.5 Å². The van der Waals surface area contributed by atoms with E-state index in [4.69, 9.17) is 11.6 Å². The first kappa shape index (κ1) is 16.1. The van der Waals surface area contributed by atoms with E-state index in [1.807, 2.05) is 18.2 Å². The third-order valence-corrected chi connectivity index (χ3v) is 3.78. The first-order valence-corrected chi connectivity index (χ1v) is 7.44. The highest BCUT2D eigenvalue weighted by Gasteiger charge is 2.15. The summed E-state index contributed by atoms with van der Waals surface area (Å²) in [6.45, 7) is 0.341. The number of amides is 1. The highest BCUT2D eigenvalue weighted by molar-refractivity contribution is 6.31. The molecule has 1 heterocycles. The number of hydrogen-bond acceptors (Lipinski definition) is 2. The summed E-state index contributed by atoms with van der Waals surface area (Å²) in [6.07, 6.45) is 1.51. The molecule has 122 valence electrons. The van der Waals surface area contributed by atoms with Crippen molar-refractivity contribution in [3.63, 3.8) is 0 Å². The molecule has 3 aromatic rings. The lowest BCUT2D eigenvalue weighted by molar-refractivity contribution is 0.102. The molecule has 0 saturated carbocycles. The van der Waals surface area contributed by atoms with E-state index in [0.717, 1.165) is 17.7 Å². The van der Waals surface area contributed by atoms with E-state index < -0.39 is 17.5 Å². The third-order valence-electron chi connectivity index (χ3n) is 3.41. The summed E-state index contributed by atoms with van der Waals surface area (Å²) in [4.78, 5) is 12.2. The molecule has 0 aliphatic heterocycles. The highest BCUT2D eigenvalue weighted by Crippen LogP contribution is 2.19. The van der Waals surface area contributed by atoms with Gasteiger partial charge in [-0.15, -0.1) is 0 Å². The van der Waals surface area contributed by atoms with Gasteiger partial charge in [0.1, 0.15) is 17.5 Å². The van der Waals surface area contributed by atoms with E-state index in [-0.39, 0.29) is 5.56 Å². The maximum atomic E-state index is 13.7. The van der Waals surface area contributed by atoms with Crippen LogP contribution in [0.15, 0.2) is 54.7 Å². The second kappa shape index (κ2) is 6.80. The van der Waals surface area contributed by atoms with Gasteiger partial charge in [0.25, 0.3) is 5.91 Å². The van der Waals surface area contributed by atoms with Crippen molar-refractivity contribution in [1.29, 1.82) is 0 Å². The normalized spacial score (nSPS) is 10.6. The topological polar surface area (TPSA) is 46.9 Å². The zero-order valence-electron chi connectivity index (χ0n) is 12.3. The van der Waals surface area contributed by atoms with Crippen LogP contribution < -0.4 is 5.32 Å². The van der Waals surface area contributed by atoms with Crippen LogP contribution in [0, 0.1) is 11.6 Å². The Morgan fingerprint density at radius 3 is 2.71 bits per heavy atom. The molecule has 0 bridgehead atoms. The van der Waals surface area contributed by atoms with Crippen molar-refractivity contribution >= 4 is 23.3 Å². The SMILES string of the molecule is O=C(Nc1ccnn1Cc1ccccc1Cl)c1ccc(F)cc1F. The molecule has 0 unspecified atom stereocenters. The van der Waals surface area contributed by atoms with Gasteiger partial charge in [-0.05, 0) is 23.8 Å². The van der Waals surface area contributed by atoms with Gasteiger partial charge in [0, 0.05) is 17.2 Å². The molecule has 0 radical (unpaired) electrons. The van der Waals surface area contributed by atoms with E-state index in [1.165, 1.54) is 10.9 Å². The lowest BCUT2D eigenvalue weighted by atomic mass is 10.2. The Labute approximate surface area is 141 Å². The Bertz CT molecular complexity index is 895. The van der Waals surface area contributed by atoms with Crippen molar-refractivity contribution in [1.82, 2.24) is 9.78 Å². The van der Waals surface area contributed by atoms with Gasteiger partial charge in [-0.1, -0.05) is 29.8 Å². The van der Waals surface area contributed by atoms with E-state index in [9.17, 15) is 13.6 Å². The molecule has 0 saturated heterocycles. The van der Waals surface area contributed by atoms with E-state index >= 15 is 0 Å². The minimum absolute atomic E-state index is 0.248. The second-order valence-corrected chi connectivity index (χ2v) is 5.45. The fourth-order valence-electron chi connectivity index (χ4n) is 2.21. The zero-order chi connectivity index (χ0) is 17.1. The predicted octanol–water partition coefficient (Wildman–Crippen LogP) is 4.12. The van der Waals surface area contributed by atoms with Gasteiger partial charge >= 0.3 is 0 Å². The molecule has 2 aromatic carbocycles. The van der Waals surface area contributed by atoms with Crippen LogP contribution in [0.2, 0.25) is 5.02 Å². The molecule has 0 aliphatic rings. The minimum atomic E-state index is -0.926. The lowest BCUT2D eigenvalue weighted by Crippen LogP contribution is -2.17. The molecule has 1 aromatic heterocycles. The average Bonchev–Trinajstić information content (AvgIpc) is 2.96. The van der Waals surface area contributed by atoms with Crippen molar-refractivity contribution in [3.8, 4) is 0 Å². The van der Waals surface area contributed by atoms with Crippen LogP contribution in [0.25, 0.3) is 0 Å². The Hall–Kier alpha value is -2.73. The fourth-order valence-corrected chi connectivity index (χ4v) is 2.41. The highest BCUT2D eigenvalue weighted by atomic mass is 35.5. The predicted molar refractivity (Wildman–Crippen MR) is 87.1 cm³/mol. The van der Waals surface area contributed by atoms with Crippen LogP contribution in [0.1, 0.15) is 15.9 Å². The molecule has 0 fully saturated rings. The van der Waals surface area contributed by atoms with Gasteiger partial charge in [-0.2, -0.15) is 5.10 Å². The smallest absolute Gasteiger partial charge is 0.259 e. The van der Waals surface area contributed by atoms with Crippen LogP contribution >= 0.6 is 11.6 Å². The van der Waals surface area contributed by atoms with Crippen LogP contribution in [-0.2, 0) is 6.54 Å². The number of nitrogens with zero attached hydrogens (tertiary/aromatic N) is 2. The first-order chi connectivity index (χ1) is 11.5. The maximum absolute atomic E-state index is 13.7. The van der Waals surface area contributed by atoms with Crippen molar-refractivity contribution in [2.24, 2.45) is 0 Å². The second-order valence-electron chi connectivity index (χ2n) is 5.04. The molecule has 7 heteroatoms. The van der Waals surface area contributed by atoms with Gasteiger partial charge in [0.15, 0.2) is 0 Å². The quantitative estimate of drug-likeness (QED) is 0.772. The standard InChI is InChI=1S/C17H12ClF2N3O/c18-14-4-2-1-3-11(14)10-23-16(7-8-21-23)22-17(24)13-6-5-12(19)9-15(13)20/h1-9H,10H2,(H,22,24). The molecule has 4 nitrogen and oxygen atoms in total. The Balaban J connectivity index is 1.80. The summed E-state index contributed by atoms with van der Waals surface area (Å²) in [6, 6.07) is 11.6. The summed E-state index contributed by atoms with van der Waals surface area (Å²) in [7, 11) is 0. The van der Waals surface area contributed by atoms with E-state index in [1.54, 1.807) is 12.1 Å². The van der Waals surface area contributed by atoms with Crippen LogP contribution in [-0.4, -0.2) is 15.7 Å². The molecular weight excluding hydrogens is 336 g/mol. The van der Waals surface area contributed by atoms with Gasteiger partial charge < -0.3 is 5.32 Å². The van der Waals surface area contributed by atoms with E-state index in [0.29, 0.717) is 23.5 Å². The first-order valence-electron chi connectivity index (χ1n) is 7.06. The Kier molecular flexibility index (Phi) is 4.57. The molecule has 0 spiro atoms. The number of aromatic nitrogens is 2. The van der Waals surface area contributed by atoms with Gasteiger partial charge in [0.05, 0.1) is 18.3 Å². The number of benzene rings is 2. The summed E-state index contributed by atoms with van der Waals surface area (Å²) >= 11 is 6.12. The van der Waals surface area contributed by atoms with Crippen LogP contribution in [0.5, 0.6) is 0 Å². The molecule has 1 N–H and O–H groups in total. The molecule has 24 heavy (non-hydrogen) atoms. The maximum Gasteiger partial charge on any atom is 0.259 e. The monoisotopic (exact) mass is 347 g/mol. The summed E-state index contributed by atoms with van der Waals surface area (Å²) < 4.78 is 28.2. The number of halogens is 3. The zero-order valence-corrected chi connectivity index (χ0v) is 13.1. The number of rotatable bonds is 4. The van der Waals surface area contributed by atoms with E-state index in [2.05, 4.69) is 10.4 Å². The van der Waals surface area contributed by atoms with Crippen molar-refractivity contribution in [2.75, 3.05) is 5.32 Å². The van der Waals surface area contributed by atoms with Crippen molar-refractivity contribution in [3.05, 3.63) is 82.5 Å². The van der Waals surface area contributed by atoms with Gasteiger partial charge in [0.2, 0.25) is 0 Å². The van der Waals surface area contributed by atoms with Crippen molar-refractivity contribution in [2.45, 2.75) is 6.54 Å².